The van der Waals surface area contributed by atoms with Gasteiger partial charge in [0.05, 0.1) is 24.1 Å². The minimum Gasteiger partial charge on any atom is -0.377 e. The molecule has 1 aliphatic rings. The standard InChI is InChI=1S/C15H22ClN3OS/c1-17-15(18-8-5-12-6-9-20-10-7-12)19(2)11-13-3-4-14(16)21-13/h3-4,6H,5,7-11H2,1-2H3,(H,17,18). The first-order valence-corrected chi connectivity index (χ1v) is 8.30. The zero-order valence-electron chi connectivity index (χ0n) is 12.6. The van der Waals surface area contributed by atoms with E-state index in [4.69, 9.17) is 16.3 Å². The zero-order chi connectivity index (χ0) is 15.1. The maximum absolute atomic E-state index is 5.96. The molecule has 0 aliphatic carbocycles. The molecule has 4 nitrogen and oxygen atoms in total. The normalized spacial score (nSPS) is 15.8. The van der Waals surface area contributed by atoms with Gasteiger partial charge in [-0.25, -0.2) is 0 Å². The summed E-state index contributed by atoms with van der Waals surface area (Å²) in [6.45, 7) is 3.31. The van der Waals surface area contributed by atoms with E-state index >= 15 is 0 Å². The summed E-state index contributed by atoms with van der Waals surface area (Å²) >= 11 is 7.57. The third-order valence-corrected chi connectivity index (χ3v) is 4.60. The molecule has 1 N–H and O–H groups in total. The molecule has 1 aromatic heterocycles. The fraction of sp³-hybridized carbons (Fsp3) is 0.533. The van der Waals surface area contributed by atoms with Crippen molar-refractivity contribution < 1.29 is 4.74 Å². The average molecular weight is 328 g/mol. The van der Waals surface area contributed by atoms with Crippen LogP contribution in [0.2, 0.25) is 4.34 Å². The topological polar surface area (TPSA) is 36.9 Å². The van der Waals surface area contributed by atoms with Crippen molar-refractivity contribution >= 4 is 28.9 Å². The second-order valence-electron chi connectivity index (χ2n) is 4.97. The summed E-state index contributed by atoms with van der Waals surface area (Å²) in [7, 11) is 3.85. The summed E-state index contributed by atoms with van der Waals surface area (Å²) in [4.78, 5) is 7.68. The Morgan fingerprint density at radius 2 is 2.38 bits per heavy atom. The molecule has 116 valence electrons. The molecule has 6 heteroatoms. The fourth-order valence-corrected chi connectivity index (χ4v) is 3.40. The minimum absolute atomic E-state index is 0.753. The van der Waals surface area contributed by atoms with Gasteiger partial charge in [-0.1, -0.05) is 23.3 Å². The Morgan fingerprint density at radius 3 is 3.00 bits per heavy atom. The van der Waals surface area contributed by atoms with Crippen LogP contribution in [0.3, 0.4) is 0 Å². The molecule has 2 heterocycles. The maximum atomic E-state index is 5.96. The number of nitrogens with one attached hydrogen (secondary N) is 1. The number of nitrogens with zero attached hydrogens (tertiary/aromatic N) is 2. The van der Waals surface area contributed by atoms with Gasteiger partial charge in [0.1, 0.15) is 0 Å². The van der Waals surface area contributed by atoms with Crippen LogP contribution in [0.1, 0.15) is 17.7 Å². The van der Waals surface area contributed by atoms with Crippen LogP contribution in [0.25, 0.3) is 0 Å². The van der Waals surface area contributed by atoms with Crippen molar-refractivity contribution in [3.05, 3.63) is 33.0 Å². The van der Waals surface area contributed by atoms with Gasteiger partial charge in [0.25, 0.3) is 0 Å². The second kappa shape index (κ2) is 8.41. The molecule has 0 fully saturated rings. The van der Waals surface area contributed by atoms with E-state index in [1.54, 1.807) is 11.3 Å². The Labute approximate surface area is 135 Å². The number of rotatable bonds is 5. The molecular formula is C15H22ClN3OS. The molecule has 21 heavy (non-hydrogen) atoms. The number of thiophene rings is 1. The predicted molar refractivity (Wildman–Crippen MR) is 90.3 cm³/mol. The number of hydrogen-bond donors (Lipinski definition) is 1. The van der Waals surface area contributed by atoms with E-state index in [1.165, 1.54) is 10.5 Å². The van der Waals surface area contributed by atoms with Crippen LogP contribution in [0, 0.1) is 0 Å². The van der Waals surface area contributed by atoms with E-state index < -0.39 is 0 Å². The molecular weight excluding hydrogens is 306 g/mol. The summed E-state index contributed by atoms with van der Waals surface area (Å²) in [6.07, 6.45) is 4.27. The summed E-state index contributed by atoms with van der Waals surface area (Å²) in [5, 5.41) is 3.41. The first-order chi connectivity index (χ1) is 10.2. The van der Waals surface area contributed by atoms with E-state index in [0.29, 0.717) is 0 Å². The highest BCUT2D eigenvalue weighted by Gasteiger charge is 2.09. The Morgan fingerprint density at radius 1 is 1.52 bits per heavy atom. The lowest BCUT2D eigenvalue weighted by molar-refractivity contribution is 0.153. The van der Waals surface area contributed by atoms with Crippen molar-refractivity contribution in [1.82, 2.24) is 10.2 Å². The lowest BCUT2D eigenvalue weighted by atomic mass is 10.1. The van der Waals surface area contributed by atoms with Crippen LogP contribution < -0.4 is 5.32 Å². The van der Waals surface area contributed by atoms with Crippen molar-refractivity contribution in [2.75, 3.05) is 33.9 Å². The summed E-state index contributed by atoms with van der Waals surface area (Å²) in [5.74, 6) is 0.909. The van der Waals surface area contributed by atoms with Gasteiger partial charge in [0.2, 0.25) is 0 Å². The van der Waals surface area contributed by atoms with E-state index in [0.717, 1.165) is 49.4 Å². The lowest BCUT2D eigenvalue weighted by Crippen LogP contribution is -2.38. The monoisotopic (exact) mass is 327 g/mol. The number of halogens is 1. The van der Waals surface area contributed by atoms with Gasteiger partial charge in [-0.15, -0.1) is 11.3 Å². The van der Waals surface area contributed by atoms with Crippen molar-refractivity contribution in [1.29, 1.82) is 0 Å². The van der Waals surface area contributed by atoms with Crippen molar-refractivity contribution in [2.45, 2.75) is 19.4 Å². The molecule has 2 rings (SSSR count). The van der Waals surface area contributed by atoms with E-state index in [9.17, 15) is 0 Å². The summed E-state index contributed by atoms with van der Waals surface area (Å²) in [6, 6.07) is 3.99. The first-order valence-electron chi connectivity index (χ1n) is 7.10. The van der Waals surface area contributed by atoms with E-state index in [2.05, 4.69) is 27.4 Å². The SMILES string of the molecule is CN=C(NCCC1=CCOCC1)N(C)Cc1ccc(Cl)s1. The molecule has 1 aromatic rings. The number of ether oxygens (including phenoxy) is 1. The molecule has 0 unspecified atom stereocenters. The fourth-order valence-electron chi connectivity index (χ4n) is 2.26. The predicted octanol–water partition coefficient (Wildman–Crippen LogP) is 3.15. The molecule has 1 aliphatic heterocycles. The van der Waals surface area contributed by atoms with Crippen LogP contribution in [0.5, 0.6) is 0 Å². The van der Waals surface area contributed by atoms with Gasteiger partial charge in [-0.2, -0.15) is 0 Å². The summed E-state index contributed by atoms with van der Waals surface area (Å²) < 4.78 is 6.14. The van der Waals surface area contributed by atoms with Crippen molar-refractivity contribution in [3.63, 3.8) is 0 Å². The Kier molecular flexibility index (Phi) is 6.54. The molecule has 0 amide bonds. The van der Waals surface area contributed by atoms with Gasteiger partial charge in [-0.05, 0) is 25.0 Å². The summed E-state index contributed by atoms with van der Waals surface area (Å²) in [5.41, 5.74) is 1.47. The van der Waals surface area contributed by atoms with Crippen LogP contribution in [0.4, 0.5) is 0 Å². The molecule has 0 aromatic carbocycles. The van der Waals surface area contributed by atoms with Crippen molar-refractivity contribution in [2.24, 2.45) is 4.99 Å². The highest BCUT2D eigenvalue weighted by molar-refractivity contribution is 7.16. The van der Waals surface area contributed by atoms with Crippen LogP contribution in [0.15, 0.2) is 28.8 Å². The first kappa shape index (κ1) is 16.3. The number of hydrogen-bond acceptors (Lipinski definition) is 3. The smallest absolute Gasteiger partial charge is 0.193 e. The molecule has 0 saturated carbocycles. The van der Waals surface area contributed by atoms with Gasteiger partial charge >= 0.3 is 0 Å². The van der Waals surface area contributed by atoms with Crippen LogP contribution in [-0.4, -0.2) is 44.7 Å². The van der Waals surface area contributed by atoms with E-state index in [-0.39, 0.29) is 0 Å². The molecule has 0 radical (unpaired) electrons. The third kappa shape index (κ3) is 5.34. The maximum Gasteiger partial charge on any atom is 0.193 e. The molecule has 0 spiro atoms. The third-order valence-electron chi connectivity index (χ3n) is 3.38. The van der Waals surface area contributed by atoms with Crippen LogP contribution in [-0.2, 0) is 11.3 Å². The highest BCUT2D eigenvalue weighted by Crippen LogP contribution is 2.22. The average Bonchev–Trinajstić information content (AvgIpc) is 2.89. The quantitative estimate of drug-likeness (QED) is 0.513. The Bertz CT molecular complexity index is 513. The van der Waals surface area contributed by atoms with Gasteiger partial charge in [0.15, 0.2) is 5.96 Å². The van der Waals surface area contributed by atoms with E-state index in [1.807, 2.05) is 20.2 Å². The molecule has 0 atom stereocenters. The van der Waals surface area contributed by atoms with Crippen molar-refractivity contribution in [3.8, 4) is 0 Å². The lowest BCUT2D eigenvalue weighted by Gasteiger charge is -2.22. The van der Waals surface area contributed by atoms with Crippen LogP contribution >= 0.6 is 22.9 Å². The largest absolute Gasteiger partial charge is 0.377 e. The van der Waals surface area contributed by atoms with Gasteiger partial charge in [0, 0.05) is 25.5 Å². The Hall–Kier alpha value is -1.04. The Balaban J connectivity index is 1.78. The van der Waals surface area contributed by atoms with Gasteiger partial charge in [-0.3, -0.25) is 4.99 Å². The number of aliphatic imine (C=N–C) groups is 1. The molecule has 0 saturated heterocycles. The second-order valence-corrected chi connectivity index (χ2v) is 6.77. The molecule has 0 bridgehead atoms. The highest BCUT2D eigenvalue weighted by atomic mass is 35.5. The number of guanidine groups is 1. The zero-order valence-corrected chi connectivity index (χ0v) is 14.1. The minimum atomic E-state index is 0.753. The van der Waals surface area contributed by atoms with Gasteiger partial charge < -0.3 is 15.0 Å².